The van der Waals surface area contributed by atoms with Gasteiger partial charge in [0.15, 0.2) is 17.3 Å². The van der Waals surface area contributed by atoms with Crippen molar-refractivity contribution in [3.8, 4) is 28.7 Å². The molecular formula is C17H16O6. The molecule has 1 heterocycles. The number of ether oxygens (including phenoxy) is 3. The number of hydrogen-bond donors (Lipinski definition) is 2. The van der Waals surface area contributed by atoms with Crippen molar-refractivity contribution >= 4 is 5.78 Å². The molecule has 0 unspecified atom stereocenters. The van der Waals surface area contributed by atoms with Crippen LogP contribution >= 0.6 is 0 Å². The first-order valence-electron chi connectivity index (χ1n) is 7.01. The second kappa shape index (κ2) is 5.72. The number of hydrogen-bond acceptors (Lipinski definition) is 6. The van der Waals surface area contributed by atoms with E-state index >= 15 is 0 Å². The summed E-state index contributed by atoms with van der Waals surface area (Å²) in [6, 6.07) is 7.72. The molecule has 0 amide bonds. The van der Waals surface area contributed by atoms with E-state index in [2.05, 4.69) is 0 Å². The predicted octanol–water partition coefficient (Wildman–Crippen LogP) is 2.82. The van der Waals surface area contributed by atoms with Crippen LogP contribution in [0.5, 0.6) is 28.7 Å². The first-order valence-corrected chi connectivity index (χ1v) is 7.01. The first-order chi connectivity index (χ1) is 11.0. The lowest BCUT2D eigenvalue weighted by molar-refractivity contribution is 0.0844. The summed E-state index contributed by atoms with van der Waals surface area (Å²) in [5.41, 5.74) is 0.855. The van der Waals surface area contributed by atoms with E-state index in [-0.39, 0.29) is 35.0 Å². The van der Waals surface area contributed by atoms with E-state index in [9.17, 15) is 15.0 Å². The maximum Gasteiger partial charge on any atom is 0.174 e. The zero-order valence-electron chi connectivity index (χ0n) is 12.7. The highest BCUT2D eigenvalue weighted by molar-refractivity contribution is 6.02. The number of rotatable bonds is 3. The van der Waals surface area contributed by atoms with Crippen molar-refractivity contribution in [2.75, 3.05) is 14.2 Å². The molecule has 1 aliphatic rings. The number of fused-ring (bicyclic) bond motifs is 1. The summed E-state index contributed by atoms with van der Waals surface area (Å²) in [7, 11) is 2.91. The standard InChI is InChI=1S/C17H16O6/c1-21-10-6-12(19)17-13(20)8-14(23-16(17)7-10)9-3-4-11(18)15(5-9)22-2/h3-7,14,18-19H,8H2,1-2H3/t14-/m1/s1. The zero-order valence-corrected chi connectivity index (χ0v) is 12.7. The summed E-state index contributed by atoms with van der Waals surface area (Å²) in [6.07, 6.45) is -0.447. The van der Waals surface area contributed by atoms with Gasteiger partial charge < -0.3 is 24.4 Å². The van der Waals surface area contributed by atoms with Gasteiger partial charge in [-0.3, -0.25) is 4.79 Å². The highest BCUT2D eigenvalue weighted by atomic mass is 16.5. The van der Waals surface area contributed by atoms with Crippen LogP contribution in [0, 0.1) is 0 Å². The number of benzene rings is 2. The van der Waals surface area contributed by atoms with Crippen molar-refractivity contribution in [1.82, 2.24) is 0 Å². The first kappa shape index (κ1) is 15.0. The summed E-state index contributed by atoms with van der Waals surface area (Å²) in [5, 5.41) is 19.6. The number of carbonyl (C=O) groups is 1. The van der Waals surface area contributed by atoms with Crippen LogP contribution in [0.25, 0.3) is 0 Å². The smallest absolute Gasteiger partial charge is 0.174 e. The van der Waals surface area contributed by atoms with Gasteiger partial charge in [0.1, 0.15) is 28.9 Å². The lowest BCUT2D eigenvalue weighted by Gasteiger charge is -2.26. The Kier molecular flexibility index (Phi) is 3.73. The third-order valence-electron chi connectivity index (χ3n) is 3.78. The summed E-state index contributed by atoms with van der Waals surface area (Å²) in [4.78, 5) is 12.3. The van der Waals surface area contributed by atoms with Crippen molar-refractivity contribution in [2.45, 2.75) is 12.5 Å². The third-order valence-corrected chi connectivity index (χ3v) is 3.78. The molecule has 23 heavy (non-hydrogen) atoms. The number of carbonyl (C=O) groups excluding carboxylic acids is 1. The van der Waals surface area contributed by atoms with Crippen LogP contribution in [-0.4, -0.2) is 30.2 Å². The molecule has 1 aliphatic heterocycles. The third kappa shape index (κ3) is 2.63. The molecule has 0 saturated carbocycles. The second-order valence-electron chi connectivity index (χ2n) is 5.18. The molecule has 0 spiro atoms. The fourth-order valence-corrected chi connectivity index (χ4v) is 2.61. The molecule has 120 valence electrons. The molecule has 1 atom stereocenters. The van der Waals surface area contributed by atoms with Crippen LogP contribution in [0.2, 0.25) is 0 Å². The zero-order chi connectivity index (χ0) is 16.6. The van der Waals surface area contributed by atoms with Crippen molar-refractivity contribution in [3.05, 3.63) is 41.5 Å². The lowest BCUT2D eigenvalue weighted by Crippen LogP contribution is -2.20. The van der Waals surface area contributed by atoms with E-state index in [0.29, 0.717) is 17.1 Å². The van der Waals surface area contributed by atoms with Gasteiger partial charge in [-0.15, -0.1) is 0 Å². The maximum atomic E-state index is 12.3. The van der Waals surface area contributed by atoms with Crippen molar-refractivity contribution in [3.63, 3.8) is 0 Å². The minimum atomic E-state index is -0.531. The summed E-state index contributed by atoms with van der Waals surface area (Å²) in [5.74, 6) is 0.610. The SMILES string of the molecule is COc1cc(O)c2c(c1)O[C@@H](c1ccc(O)c(OC)c1)CC2=O. The molecule has 0 bridgehead atoms. The van der Waals surface area contributed by atoms with Gasteiger partial charge in [-0.25, -0.2) is 0 Å². The van der Waals surface area contributed by atoms with E-state index in [1.54, 1.807) is 18.2 Å². The molecule has 2 aromatic carbocycles. The van der Waals surface area contributed by atoms with Crippen molar-refractivity contribution in [1.29, 1.82) is 0 Å². The average molecular weight is 316 g/mol. The number of methoxy groups -OCH3 is 2. The Labute approximate surface area is 132 Å². The van der Waals surface area contributed by atoms with Crippen LogP contribution in [0.4, 0.5) is 0 Å². The van der Waals surface area contributed by atoms with Gasteiger partial charge in [-0.05, 0) is 17.7 Å². The summed E-state index contributed by atoms with van der Waals surface area (Å²) in [6.45, 7) is 0. The Morgan fingerprint density at radius 1 is 1.09 bits per heavy atom. The molecule has 6 heteroatoms. The molecule has 2 N–H and O–H groups in total. The van der Waals surface area contributed by atoms with Gasteiger partial charge in [0.05, 0.1) is 20.6 Å². The molecule has 0 saturated heterocycles. The molecule has 0 aliphatic carbocycles. The van der Waals surface area contributed by atoms with Crippen LogP contribution in [-0.2, 0) is 0 Å². The predicted molar refractivity (Wildman–Crippen MR) is 81.6 cm³/mol. The molecule has 0 radical (unpaired) electrons. The topological polar surface area (TPSA) is 85.2 Å². The molecule has 0 fully saturated rings. The number of phenolic OH excluding ortho intramolecular Hbond substituents is 2. The van der Waals surface area contributed by atoms with Gasteiger partial charge >= 0.3 is 0 Å². The second-order valence-corrected chi connectivity index (χ2v) is 5.18. The van der Waals surface area contributed by atoms with Crippen LogP contribution in [0.3, 0.4) is 0 Å². The van der Waals surface area contributed by atoms with Gasteiger partial charge in [-0.2, -0.15) is 0 Å². The number of Topliss-reactive ketones (excluding diaryl/α,β-unsaturated/α-hetero) is 1. The molecule has 2 aromatic rings. The lowest BCUT2D eigenvalue weighted by atomic mass is 9.95. The molecular weight excluding hydrogens is 300 g/mol. The highest BCUT2D eigenvalue weighted by Gasteiger charge is 2.31. The van der Waals surface area contributed by atoms with Gasteiger partial charge in [-0.1, -0.05) is 6.07 Å². The Bertz CT molecular complexity index is 768. The van der Waals surface area contributed by atoms with Crippen molar-refractivity contribution < 1.29 is 29.2 Å². The Morgan fingerprint density at radius 2 is 1.87 bits per heavy atom. The fourth-order valence-electron chi connectivity index (χ4n) is 2.61. The normalized spacial score (nSPS) is 16.4. The summed E-state index contributed by atoms with van der Waals surface area (Å²) >= 11 is 0. The van der Waals surface area contributed by atoms with Crippen LogP contribution < -0.4 is 14.2 Å². The van der Waals surface area contributed by atoms with E-state index in [1.807, 2.05) is 0 Å². The van der Waals surface area contributed by atoms with Gasteiger partial charge in [0, 0.05) is 12.1 Å². The number of ketones is 1. The van der Waals surface area contributed by atoms with E-state index in [4.69, 9.17) is 14.2 Å². The Hall–Kier alpha value is -2.89. The average Bonchev–Trinajstić information content (AvgIpc) is 2.54. The van der Waals surface area contributed by atoms with E-state index in [0.717, 1.165) is 0 Å². The van der Waals surface area contributed by atoms with Gasteiger partial charge in [0.2, 0.25) is 0 Å². The Balaban J connectivity index is 2.00. The minimum absolute atomic E-state index is 0.0121. The van der Waals surface area contributed by atoms with Crippen LogP contribution in [0.1, 0.15) is 28.4 Å². The highest BCUT2D eigenvalue weighted by Crippen LogP contribution is 2.42. The molecule has 3 rings (SSSR count). The summed E-state index contributed by atoms with van der Waals surface area (Å²) < 4.78 is 16.0. The minimum Gasteiger partial charge on any atom is -0.507 e. The van der Waals surface area contributed by atoms with E-state index < -0.39 is 6.10 Å². The Morgan fingerprint density at radius 3 is 2.57 bits per heavy atom. The number of phenols is 2. The maximum absolute atomic E-state index is 12.3. The molecule has 0 aromatic heterocycles. The quantitative estimate of drug-likeness (QED) is 0.905. The van der Waals surface area contributed by atoms with Crippen molar-refractivity contribution in [2.24, 2.45) is 0 Å². The van der Waals surface area contributed by atoms with Gasteiger partial charge in [0.25, 0.3) is 0 Å². The molecule has 6 nitrogen and oxygen atoms in total. The van der Waals surface area contributed by atoms with E-state index in [1.165, 1.54) is 26.4 Å². The number of aromatic hydroxyl groups is 2. The van der Waals surface area contributed by atoms with Crippen LogP contribution in [0.15, 0.2) is 30.3 Å². The largest absolute Gasteiger partial charge is 0.507 e. The monoisotopic (exact) mass is 316 g/mol. The fraction of sp³-hybridized carbons (Fsp3) is 0.235.